The maximum absolute atomic E-state index is 11.6. The number of unbranched alkanes of at least 4 members (excludes halogenated alkanes) is 1. The number of carboxylic acids is 1. The third-order valence-electron chi connectivity index (χ3n) is 3.66. The molecule has 0 aromatic heterocycles. The summed E-state index contributed by atoms with van der Waals surface area (Å²) in [6.45, 7) is 1.74. The van der Waals surface area contributed by atoms with Gasteiger partial charge in [-0.2, -0.15) is 11.8 Å². The second kappa shape index (κ2) is 6.96. The van der Waals surface area contributed by atoms with Gasteiger partial charge in [0.15, 0.2) is 0 Å². The third kappa shape index (κ3) is 3.51. The molecule has 0 saturated heterocycles. The highest BCUT2D eigenvalue weighted by atomic mass is 32.2. The van der Waals surface area contributed by atoms with Crippen molar-refractivity contribution in [3.8, 4) is 0 Å². The largest absolute Gasteiger partial charge is 0.480 e. The van der Waals surface area contributed by atoms with Crippen molar-refractivity contribution in [2.75, 3.05) is 25.1 Å². The number of thioether (sulfide) groups is 1. The first-order valence-corrected chi connectivity index (χ1v) is 8.17. The van der Waals surface area contributed by atoms with Crippen molar-refractivity contribution in [2.24, 2.45) is 0 Å². The van der Waals surface area contributed by atoms with Crippen molar-refractivity contribution in [1.29, 1.82) is 0 Å². The molecule has 0 bridgehead atoms. The molecule has 1 aromatic rings. The SMILES string of the molecule is CSCCCCN1CCc2ccccc2C1C(=O)O. The summed E-state index contributed by atoms with van der Waals surface area (Å²) >= 11 is 1.85. The van der Waals surface area contributed by atoms with Crippen molar-refractivity contribution in [3.05, 3.63) is 35.4 Å². The monoisotopic (exact) mass is 279 g/mol. The molecule has 1 aliphatic heterocycles. The van der Waals surface area contributed by atoms with Gasteiger partial charge in [0, 0.05) is 6.54 Å². The topological polar surface area (TPSA) is 40.5 Å². The van der Waals surface area contributed by atoms with Crippen LogP contribution in [0, 0.1) is 0 Å². The highest BCUT2D eigenvalue weighted by Gasteiger charge is 2.31. The summed E-state index contributed by atoms with van der Waals surface area (Å²) in [4.78, 5) is 13.7. The lowest BCUT2D eigenvalue weighted by Gasteiger charge is -2.34. The lowest BCUT2D eigenvalue weighted by atomic mass is 9.92. The Morgan fingerprint density at radius 3 is 2.95 bits per heavy atom. The van der Waals surface area contributed by atoms with Gasteiger partial charge in [-0.05, 0) is 48.9 Å². The summed E-state index contributed by atoms with van der Waals surface area (Å²) in [5.41, 5.74) is 2.17. The molecule has 0 radical (unpaired) electrons. The van der Waals surface area contributed by atoms with E-state index >= 15 is 0 Å². The Bertz CT molecular complexity index is 436. The van der Waals surface area contributed by atoms with E-state index in [9.17, 15) is 9.90 Å². The fourth-order valence-corrected chi connectivity index (χ4v) is 3.20. The molecular formula is C15H21NO2S. The van der Waals surface area contributed by atoms with Gasteiger partial charge in [-0.25, -0.2) is 0 Å². The smallest absolute Gasteiger partial charge is 0.325 e. The predicted molar refractivity (Wildman–Crippen MR) is 79.7 cm³/mol. The highest BCUT2D eigenvalue weighted by Crippen LogP contribution is 2.30. The lowest BCUT2D eigenvalue weighted by molar-refractivity contribution is -0.144. The van der Waals surface area contributed by atoms with Crippen LogP contribution in [-0.2, 0) is 11.2 Å². The Hall–Kier alpha value is -1.00. The molecule has 1 unspecified atom stereocenters. The van der Waals surface area contributed by atoms with Gasteiger partial charge in [0.05, 0.1) is 0 Å². The molecule has 0 saturated carbocycles. The Kier molecular flexibility index (Phi) is 5.28. The molecule has 1 aliphatic rings. The fraction of sp³-hybridized carbons (Fsp3) is 0.533. The molecule has 1 heterocycles. The zero-order valence-electron chi connectivity index (χ0n) is 11.3. The first-order chi connectivity index (χ1) is 9.24. The quantitative estimate of drug-likeness (QED) is 0.813. The second-order valence-corrected chi connectivity index (χ2v) is 5.91. The van der Waals surface area contributed by atoms with Crippen LogP contribution in [-0.4, -0.2) is 41.1 Å². The Balaban J connectivity index is 2.07. The van der Waals surface area contributed by atoms with Crippen LogP contribution in [0.25, 0.3) is 0 Å². The predicted octanol–water partition coefficient (Wildman–Crippen LogP) is 2.81. The molecule has 0 amide bonds. The molecule has 2 rings (SSSR count). The van der Waals surface area contributed by atoms with Crippen LogP contribution in [0.2, 0.25) is 0 Å². The number of carbonyl (C=O) groups is 1. The van der Waals surface area contributed by atoms with E-state index in [1.165, 1.54) is 5.56 Å². The van der Waals surface area contributed by atoms with Crippen LogP contribution in [0.3, 0.4) is 0 Å². The van der Waals surface area contributed by atoms with Crippen LogP contribution in [0.4, 0.5) is 0 Å². The normalized spacial score (nSPS) is 19.1. The zero-order valence-corrected chi connectivity index (χ0v) is 12.2. The number of nitrogens with zero attached hydrogens (tertiary/aromatic N) is 1. The van der Waals surface area contributed by atoms with Crippen LogP contribution < -0.4 is 0 Å². The fourth-order valence-electron chi connectivity index (χ4n) is 2.71. The minimum Gasteiger partial charge on any atom is -0.480 e. The summed E-state index contributed by atoms with van der Waals surface area (Å²) < 4.78 is 0. The number of carboxylic acid groups (broad SMARTS) is 1. The lowest BCUT2D eigenvalue weighted by Crippen LogP contribution is -2.40. The van der Waals surface area contributed by atoms with Crippen molar-refractivity contribution in [1.82, 2.24) is 4.90 Å². The zero-order chi connectivity index (χ0) is 13.7. The minimum atomic E-state index is -0.725. The van der Waals surface area contributed by atoms with Crippen molar-refractivity contribution >= 4 is 17.7 Å². The van der Waals surface area contributed by atoms with E-state index in [1.807, 2.05) is 30.0 Å². The molecule has 104 valence electrons. The van der Waals surface area contributed by atoms with Gasteiger partial charge in [-0.3, -0.25) is 9.69 Å². The molecule has 0 spiro atoms. The van der Waals surface area contributed by atoms with Gasteiger partial charge in [-0.1, -0.05) is 24.3 Å². The number of rotatable bonds is 6. The van der Waals surface area contributed by atoms with Crippen LogP contribution in [0.15, 0.2) is 24.3 Å². The summed E-state index contributed by atoms with van der Waals surface area (Å²) in [6.07, 6.45) is 5.30. The van der Waals surface area contributed by atoms with Crippen LogP contribution in [0.5, 0.6) is 0 Å². The number of aliphatic carboxylic acids is 1. The van der Waals surface area contributed by atoms with E-state index in [-0.39, 0.29) is 0 Å². The number of hydrogen-bond acceptors (Lipinski definition) is 3. The van der Waals surface area contributed by atoms with Crippen LogP contribution in [0.1, 0.15) is 30.0 Å². The summed E-state index contributed by atoms with van der Waals surface area (Å²) in [6, 6.07) is 7.48. The molecule has 1 aromatic carbocycles. The minimum absolute atomic E-state index is 0.459. The van der Waals surface area contributed by atoms with Crippen molar-refractivity contribution in [3.63, 3.8) is 0 Å². The van der Waals surface area contributed by atoms with Gasteiger partial charge < -0.3 is 5.11 Å². The van der Waals surface area contributed by atoms with Crippen molar-refractivity contribution in [2.45, 2.75) is 25.3 Å². The molecule has 19 heavy (non-hydrogen) atoms. The van der Waals surface area contributed by atoms with Crippen molar-refractivity contribution < 1.29 is 9.90 Å². The maximum atomic E-state index is 11.6. The number of fused-ring (bicyclic) bond motifs is 1. The Morgan fingerprint density at radius 1 is 1.42 bits per heavy atom. The van der Waals surface area contributed by atoms with Gasteiger partial charge in [0.2, 0.25) is 0 Å². The number of benzene rings is 1. The van der Waals surface area contributed by atoms with E-state index < -0.39 is 12.0 Å². The highest BCUT2D eigenvalue weighted by molar-refractivity contribution is 7.98. The number of hydrogen-bond donors (Lipinski definition) is 1. The summed E-state index contributed by atoms with van der Waals surface area (Å²) in [5.74, 6) is 0.430. The third-order valence-corrected chi connectivity index (χ3v) is 4.36. The summed E-state index contributed by atoms with van der Waals surface area (Å²) in [7, 11) is 0. The van der Waals surface area contributed by atoms with Gasteiger partial charge in [0.1, 0.15) is 6.04 Å². The van der Waals surface area contributed by atoms with Gasteiger partial charge in [0.25, 0.3) is 0 Å². The average molecular weight is 279 g/mol. The first kappa shape index (κ1) is 14.4. The summed E-state index contributed by atoms with van der Waals surface area (Å²) in [5, 5.41) is 9.51. The van der Waals surface area contributed by atoms with E-state index in [0.29, 0.717) is 0 Å². The molecule has 0 fully saturated rings. The molecule has 4 heteroatoms. The first-order valence-electron chi connectivity index (χ1n) is 6.77. The van der Waals surface area contributed by atoms with E-state index in [4.69, 9.17) is 0 Å². The van der Waals surface area contributed by atoms with E-state index in [2.05, 4.69) is 17.2 Å². The van der Waals surface area contributed by atoms with E-state index in [1.54, 1.807) is 0 Å². The van der Waals surface area contributed by atoms with Gasteiger partial charge in [-0.15, -0.1) is 0 Å². The molecular weight excluding hydrogens is 258 g/mol. The van der Waals surface area contributed by atoms with Gasteiger partial charge >= 0.3 is 5.97 Å². The maximum Gasteiger partial charge on any atom is 0.325 e. The van der Waals surface area contributed by atoms with Crippen LogP contribution >= 0.6 is 11.8 Å². The Morgan fingerprint density at radius 2 is 2.21 bits per heavy atom. The Labute approximate surface area is 119 Å². The van der Waals surface area contributed by atoms with E-state index in [0.717, 1.165) is 43.7 Å². The standard InChI is InChI=1S/C15H21NO2S/c1-19-11-5-4-9-16-10-8-12-6-2-3-7-13(12)14(16)15(17)18/h2-3,6-7,14H,4-5,8-11H2,1H3,(H,17,18). The molecule has 1 N–H and O–H groups in total. The molecule has 0 aliphatic carbocycles. The second-order valence-electron chi connectivity index (χ2n) is 4.93. The molecule has 3 nitrogen and oxygen atoms in total. The average Bonchev–Trinajstić information content (AvgIpc) is 2.42. The molecule has 1 atom stereocenters.